The molecule has 2 aromatic rings. The highest BCUT2D eigenvalue weighted by molar-refractivity contribution is 5.59. The van der Waals surface area contributed by atoms with E-state index < -0.39 is 0 Å². The van der Waals surface area contributed by atoms with Crippen LogP contribution < -0.4 is 5.32 Å². The fourth-order valence-electron chi connectivity index (χ4n) is 2.82. The molecule has 4 nitrogen and oxygen atoms in total. The standard InChI is InChI=1S/C16H22N4/c1-12(2)10-20-15(18-11-19-20)9-14-6-3-5-13-7-4-8-17-16(13)14/h3,5-6,11-12,17H,4,7-10H2,1-2H3. The molecule has 1 aromatic carbocycles. The highest BCUT2D eigenvalue weighted by Crippen LogP contribution is 2.27. The molecule has 1 aliphatic rings. The minimum Gasteiger partial charge on any atom is -0.385 e. The molecule has 0 bridgehead atoms. The maximum atomic E-state index is 4.44. The topological polar surface area (TPSA) is 42.7 Å². The zero-order valence-corrected chi connectivity index (χ0v) is 12.3. The molecule has 2 heterocycles. The largest absolute Gasteiger partial charge is 0.385 e. The molecule has 4 heteroatoms. The van der Waals surface area contributed by atoms with Gasteiger partial charge in [0.1, 0.15) is 12.2 Å². The molecule has 0 aliphatic carbocycles. The average molecular weight is 270 g/mol. The van der Waals surface area contributed by atoms with Crippen molar-refractivity contribution >= 4 is 5.69 Å². The first kappa shape index (κ1) is 13.2. The molecule has 1 N–H and O–H groups in total. The predicted molar refractivity (Wildman–Crippen MR) is 80.9 cm³/mol. The predicted octanol–water partition coefficient (Wildman–Crippen LogP) is 2.88. The highest BCUT2D eigenvalue weighted by Gasteiger charge is 2.14. The highest BCUT2D eigenvalue weighted by atomic mass is 15.3. The van der Waals surface area contributed by atoms with Gasteiger partial charge in [-0.05, 0) is 29.9 Å². The first-order valence-electron chi connectivity index (χ1n) is 7.45. The van der Waals surface area contributed by atoms with Crippen molar-refractivity contribution in [2.24, 2.45) is 5.92 Å². The number of aromatic nitrogens is 3. The Morgan fingerprint density at radius 2 is 2.25 bits per heavy atom. The summed E-state index contributed by atoms with van der Waals surface area (Å²) in [6.45, 7) is 6.41. The number of hydrogen-bond acceptors (Lipinski definition) is 3. The van der Waals surface area contributed by atoms with Crippen LogP contribution in [0.4, 0.5) is 5.69 Å². The van der Waals surface area contributed by atoms with Crippen LogP contribution >= 0.6 is 0 Å². The lowest BCUT2D eigenvalue weighted by Crippen LogP contribution is -2.15. The van der Waals surface area contributed by atoms with Crippen LogP contribution in [0.25, 0.3) is 0 Å². The Kier molecular flexibility index (Phi) is 3.72. The van der Waals surface area contributed by atoms with Crippen molar-refractivity contribution in [2.75, 3.05) is 11.9 Å². The number of nitrogens with one attached hydrogen (secondary N) is 1. The van der Waals surface area contributed by atoms with E-state index in [0.29, 0.717) is 5.92 Å². The molecule has 0 amide bonds. The van der Waals surface area contributed by atoms with Crippen LogP contribution in [0.15, 0.2) is 24.5 Å². The van der Waals surface area contributed by atoms with Crippen LogP contribution in [0.1, 0.15) is 37.2 Å². The summed E-state index contributed by atoms with van der Waals surface area (Å²) in [5, 5.41) is 7.90. The van der Waals surface area contributed by atoms with Gasteiger partial charge in [-0.25, -0.2) is 9.67 Å². The van der Waals surface area contributed by atoms with Crippen LogP contribution in [0.5, 0.6) is 0 Å². The molecule has 1 aromatic heterocycles. The molecule has 20 heavy (non-hydrogen) atoms. The Morgan fingerprint density at radius 3 is 3.10 bits per heavy atom. The number of para-hydroxylation sites is 1. The Balaban J connectivity index is 1.86. The van der Waals surface area contributed by atoms with E-state index in [1.807, 2.05) is 4.68 Å². The van der Waals surface area contributed by atoms with Crippen molar-refractivity contribution in [1.29, 1.82) is 0 Å². The summed E-state index contributed by atoms with van der Waals surface area (Å²) in [5.74, 6) is 1.64. The molecule has 0 fully saturated rings. The quantitative estimate of drug-likeness (QED) is 0.929. The lowest BCUT2D eigenvalue weighted by atomic mass is 9.98. The van der Waals surface area contributed by atoms with Gasteiger partial charge in [0.25, 0.3) is 0 Å². The maximum Gasteiger partial charge on any atom is 0.138 e. The Labute approximate surface area is 120 Å². The molecule has 0 spiro atoms. The number of rotatable bonds is 4. The summed E-state index contributed by atoms with van der Waals surface area (Å²) in [6.07, 6.45) is 4.91. The lowest BCUT2D eigenvalue weighted by Gasteiger charge is -2.21. The van der Waals surface area contributed by atoms with E-state index in [4.69, 9.17) is 0 Å². The Bertz CT molecular complexity index is 586. The third-order valence-electron chi connectivity index (χ3n) is 3.74. The van der Waals surface area contributed by atoms with Crippen molar-refractivity contribution in [1.82, 2.24) is 14.8 Å². The van der Waals surface area contributed by atoms with E-state index in [1.165, 1.54) is 29.7 Å². The number of aryl methyl sites for hydroxylation is 1. The van der Waals surface area contributed by atoms with E-state index in [9.17, 15) is 0 Å². The molecule has 3 rings (SSSR count). The maximum absolute atomic E-state index is 4.44. The zero-order valence-electron chi connectivity index (χ0n) is 12.3. The number of nitrogens with zero attached hydrogens (tertiary/aromatic N) is 3. The smallest absolute Gasteiger partial charge is 0.138 e. The van der Waals surface area contributed by atoms with E-state index in [2.05, 4.69) is 47.4 Å². The van der Waals surface area contributed by atoms with Crippen molar-refractivity contribution < 1.29 is 0 Å². The average Bonchev–Trinajstić information content (AvgIpc) is 2.86. The molecular weight excluding hydrogens is 248 g/mol. The summed E-state index contributed by atoms with van der Waals surface area (Å²) < 4.78 is 2.03. The summed E-state index contributed by atoms with van der Waals surface area (Å²) in [4.78, 5) is 4.44. The summed E-state index contributed by atoms with van der Waals surface area (Å²) in [6, 6.07) is 6.58. The van der Waals surface area contributed by atoms with Gasteiger partial charge in [-0.2, -0.15) is 5.10 Å². The van der Waals surface area contributed by atoms with E-state index in [1.54, 1.807) is 6.33 Å². The van der Waals surface area contributed by atoms with Crippen molar-refractivity contribution in [2.45, 2.75) is 39.7 Å². The van der Waals surface area contributed by atoms with Crippen molar-refractivity contribution in [3.8, 4) is 0 Å². The summed E-state index contributed by atoms with van der Waals surface area (Å²) in [7, 11) is 0. The SMILES string of the molecule is CC(C)Cn1ncnc1Cc1cccc2c1NCCC2. The van der Waals surface area contributed by atoms with Gasteiger partial charge in [0.05, 0.1) is 0 Å². The van der Waals surface area contributed by atoms with Gasteiger partial charge in [-0.15, -0.1) is 0 Å². The first-order valence-corrected chi connectivity index (χ1v) is 7.45. The minimum atomic E-state index is 0.582. The van der Waals surface area contributed by atoms with Crippen LogP contribution in [-0.4, -0.2) is 21.3 Å². The minimum absolute atomic E-state index is 0.582. The van der Waals surface area contributed by atoms with E-state index in [0.717, 1.165) is 25.3 Å². The third-order valence-corrected chi connectivity index (χ3v) is 3.74. The fraction of sp³-hybridized carbons (Fsp3) is 0.500. The van der Waals surface area contributed by atoms with Crippen LogP contribution in [0.2, 0.25) is 0 Å². The van der Waals surface area contributed by atoms with Crippen molar-refractivity contribution in [3.05, 3.63) is 41.5 Å². The van der Waals surface area contributed by atoms with Gasteiger partial charge in [0.15, 0.2) is 0 Å². The molecule has 1 aliphatic heterocycles. The van der Waals surface area contributed by atoms with Crippen LogP contribution in [0, 0.1) is 5.92 Å². The third kappa shape index (κ3) is 2.69. The lowest BCUT2D eigenvalue weighted by molar-refractivity contribution is 0.469. The number of hydrogen-bond donors (Lipinski definition) is 1. The molecule has 0 atom stereocenters. The van der Waals surface area contributed by atoms with Crippen LogP contribution in [0.3, 0.4) is 0 Å². The monoisotopic (exact) mass is 270 g/mol. The Hall–Kier alpha value is -1.84. The van der Waals surface area contributed by atoms with Gasteiger partial charge in [-0.3, -0.25) is 0 Å². The normalized spacial score (nSPS) is 14.2. The number of anilines is 1. The molecular formula is C16H22N4. The van der Waals surface area contributed by atoms with E-state index in [-0.39, 0.29) is 0 Å². The van der Waals surface area contributed by atoms with Crippen LogP contribution in [-0.2, 0) is 19.4 Å². The molecule has 106 valence electrons. The first-order chi connectivity index (χ1) is 9.74. The molecule has 0 saturated heterocycles. The molecule has 0 unspecified atom stereocenters. The number of fused-ring (bicyclic) bond motifs is 1. The van der Waals surface area contributed by atoms with E-state index >= 15 is 0 Å². The van der Waals surface area contributed by atoms with Crippen molar-refractivity contribution in [3.63, 3.8) is 0 Å². The second-order valence-electron chi connectivity index (χ2n) is 5.91. The summed E-state index contributed by atoms with van der Waals surface area (Å²) >= 11 is 0. The summed E-state index contributed by atoms with van der Waals surface area (Å²) in [5.41, 5.74) is 4.08. The molecule has 0 saturated carbocycles. The fourth-order valence-corrected chi connectivity index (χ4v) is 2.82. The number of benzene rings is 1. The second kappa shape index (κ2) is 5.65. The zero-order chi connectivity index (χ0) is 13.9. The second-order valence-corrected chi connectivity index (χ2v) is 5.91. The van der Waals surface area contributed by atoms with Gasteiger partial charge >= 0.3 is 0 Å². The van der Waals surface area contributed by atoms with Gasteiger partial charge in [0.2, 0.25) is 0 Å². The molecule has 0 radical (unpaired) electrons. The van der Waals surface area contributed by atoms with Gasteiger partial charge in [-0.1, -0.05) is 32.0 Å². The van der Waals surface area contributed by atoms with Gasteiger partial charge in [0, 0.05) is 25.2 Å². The van der Waals surface area contributed by atoms with Gasteiger partial charge < -0.3 is 5.32 Å². The Morgan fingerprint density at radius 1 is 1.35 bits per heavy atom.